The number of ether oxygens (including phenoxy) is 1. The molecule has 3 rings (SSSR count). The van der Waals surface area contributed by atoms with E-state index in [9.17, 15) is 33.9 Å². The number of rotatable bonds is 12. The standard InChI is InChI=1S/C13H22N5O15P3/c14-11-8-12(16-4-15-11)18(5-17-8)13-10(22)9(21)7(31-13)3-30-36(28,29-2-6(20)1-19)33-35(26,27)32-34(23,24)25/h4-7,9-10,13,19-22H,1-3H2,(H,26,27)(H2,14,15,16)(H2,23,24,25)/t6?,7-,9-,10-,13-,36?/m1/s1. The first-order valence-corrected chi connectivity index (χ1v) is 14.1. The molecule has 1 saturated heterocycles. The van der Waals surface area contributed by atoms with Gasteiger partial charge in [-0.1, -0.05) is 0 Å². The lowest BCUT2D eigenvalue weighted by Gasteiger charge is -2.23. The highest BCUT2D eigenvalue weighted by Crippen LogP contribution is 2.68. The molecule has 0 saturated carbocycles. The minimum absolute atomic E-state index is 0.0259. The summed E-state index contributed by atoms with van der Waals surface area (Å²) in [6, 6.07) is 0. The summed E-state index contributed by atoms with van der Waals surface area (Å²) in [6.45, 7) is -2.85. The molecule has 2 aromatic rings. The Balaban J connectivity index is 1.76. The Kier molecular flexibility index (Phi) is 9.00. The monoisotopic (exact) mass is 581 g/mol. The molecule has 204 valence electrons. The summed E-state index contributed by atoms with van der Waals surface area (Å²) >= 11 is 0. The second-order valence-electron chi connectivity index (χ2n) is 7.13. The number of hydrogen-bond donors (Lipinski definition) is 8. The number of nitrogens with zero attached hydrogens (tertiary/aromatic N) is 4. The molecule has 3 unspecified atom stereocenters. The van der Waals surface area contributed by atoms with E-state index in [-0.39, 0.29) is 17.0 Å². The van der Waals surface area contributed by atoms with Gasteiger partial charge in [-0.25, -0.2) is 28.6 Å². The zero-order valence-electron chi connectivity index (χ0n) is 17.8. The Labute approximate surface area is 200 Å². The molecule has 1 fully saturated rings. The van der Waals surface area contributed by atoms with Gasteiger partial charge in [-0.2, -0.15) is 8.62 Å². The van der Waals surface area contributed by atoms with E-state index in [4.69, 9.17) is 29.9 Å². The van der Waals surface area contributed by atoms with Crippen molar-refractivity contribution in [1.82, 2.24) is 19.5 Å². The fourth-order valence-corrected chi connectivity index (χ4v) is 6.52. The predicted octanol–water partition coefficient (Wildman–Crippen LogP) is -2.25. The van der Waals surface area contributed by atoms with E-state index in [2.05, 4.69) is 28.1 Å². The second-order valence-corrected chi connectivity index (χ2v) is 11.8. The van der Waals surface area contributed by atoms with Crippen LogP contribution in [0.25, 0.3) is 11.2 Å². The molecule has 20 nitrogen and oxygen atoms in total. The number of nitrogens with two attached hydrogens (primary N) is 1. The van der Waals surface area contributed by atoms with Crippen LogP contribution in [0.3, 0.4) is 0 Å². The molecule has 3 heterocycles. The Morgan fingerprint density at radius 1 is 1.08 bits per heavy atom. The number of nitrogen functional groups attached to an aromatic ring is 1. The Morgan fingerprint density at radius 2 is 1.78 bits per heavy atom. The van der Waals surface area contributed by atoms with Gasteiger partial charge in [0.15, 0.2) is 17.7 Å². The van der Waals surface area contributed by atoms with E-state index in [0.717, 1.165) is 6.33 Å². The molecular weight excluding hydrogens is 559 g/mol. The average Bonchev–Trinajstić information content (AvgIpc) is 3.31. The zero-order valence-corrected chi connectivity index (χ0v) is 20.5. The summed E-state index contributed by atoms with van der Waals surface area (Å²) in [7, 11) is -16.7. The van der Waals surface area contributed by atoms with Gasteiger partial charge >= 0.3 is 23.5 Å². The molecule has 0 aromatic carbocycles. The van der Waals surface area contributed by atoms with Crippen LogP contribution in [0.4, 0.5) is 5.82 Å². The van der Waals surface area contributed by atoms with Gasteiger partial charge in [0.1, 0.15) is 36.3 Å². The summed E-state index contributed by atoms with van der Waals surface area (Å²) < 4.78 is 59.4. The number of imidazole rings is 1. The lowest BCUT2D eigenvalue weighted by Crippen LogP contribution is -2.33. The zero-order chi connectivity index (χ0) is 26.9. The molecule has 0 aliphatic carbocycles. The maximum atomic E-state index is 12.8. The third-order valence-corrected chi connectivity index (χ3v) is 8.68. The van der Waals surface area contributed by atoms with Crippen LogP contribution in [0.5, 0.6) is 0 Å². The highest BCUT2D eigenvalue weighted by Gasteiger charge is 2.48. The maximum Gasteiger partial charge on any atom is 0.490 e. The van der Waals surface area contributed by atoms with Crippen molar-refractivity contribution >= 4 is 40.4 Å². The summed E-state index contributed by atoms with van der Waals surface area (Å²) in [5.41, 5.74) is 6.00. The van der Waals surface area contributed by atoms with E-state index in [1.165, 1.54) is 10.9 Å². The molecule has 0 spiro atoms. The molecular formula is C13H22N5O15P3. The van der Waals surface area contributed by atoms with Crippen molar-refractivity contribution in [2.45, 2.75) is 30.6 Å². The van der Waals surface area contributed by atoms with Gasteiger partial charge in [0.2, 0.25) is 0 Å². The normalized spacial score (nSPS) is 27.1. The van der Waals surface area contributed by atoms with Gasteiger partial charge in [0.05, 0.1) is 26.1 Å². The largest absolute Gasteiger partial charge is 0.490 e. The summed E-state index contributed by atoms with van der Waals surface area (Å²) in [4.78, 5) is 38.7. The number of fused-ring (bicyclic) bond motifs is 1. The molecule has 1 aliphatic rings. The molecule has 2 aromatic heterocycles. The smallest absolute Gasteiger partial charge is 0.394 e. The van der Waals surface area contributed by atoms with Crippen LogP contribution in [0, 0.1) is 0 Å². The van der Waals surface area contributed by atoms with Crippen molar-refractivity contribution in [3.05, 3.63) is 12.7 Å². The Bertz CT molecular complexity index is 1210. The lowest BCUT2D eigenvalue weighted by atomic mass is 10.1. The molecule has 36 heavy (non-hydrogen) atoms. The molecule has 7 atom stereocenters. The third-order valence-electron chi connectivity index (χ3n) is 4.44. The topological polar surface area (TPSA) is 309 Å². The van der Waals surface area contributed by atoms with Crippen molar-refractivity contribution in [1.29, 1.82) is 0 Å². The van der Waals surface area contributed by atoms with Gasteiger partial charge in [-0.05, 0) is 0 Å². The van der Waals surface area contributed by atoms with Crippen molar-refractivity contribution in [2.75, 3.05) is 25.6 Å². The number of aliphatic hydroxyl groups is 4. The predicted molar refractivity (Wildman–Crippen MR) is 112 cm³/mol. The van der Waals surface area contributed by atoms with Gasteiger partial charge in [0, 0.05) is 0 Å². The average molecular weight is 581 g/mol. The number of aromatic nitrogens is 4. The highest BCUT2D eigenvalue weighted by molar-refractivity contribution is 7.66. The number of aliphatic hydroxyl groups excluding tert-OH is 4. The van der Waals surface area contributed by atoms with Crippen molar-refractivity contribution in [3.8, 4) is 0 Å². The maximum absolute atomic E-state index is 12.8. The molecule has 0 bridgehead atoms. The van der Waals surface area contributed by atoms with E-state index in [1.807, 2.05) is 0 Å². The van der Waals surface area contributed by atoms with Crippen LogP contribution in [-0.4, -0.2) is 98.9 Å². The van der Waals surface area contributed by atoms with Crippen LogP contribution in [0.15, 0.2) is 12.7 Å². The van der Waals surface area contributed by atoms with E-state index >= 15 is 0 Å². The van der Waals surface area contributed by atoms with Crippen molar-refractivity contribution in [2.24, 2.45) is 0 Å². The quantitative estimate of drug-likeness (QED) is 0.123. The van der Waals surface area contributed by atoms with Gasteiger partial charge < -0.3 is 45.6 Å². The fraction of sp³-hybridized carbons (Fsp3) is 0.615. The minimum atomic E-state index is -5.79. The summed E-state index contributed by atoms with van der Waals surface area (Å²) in [5.74, 6) is 0.0259. The van der Waals surface area contributed by atoms with Crippen LogP contribution in [0.1, 0.15) is 6.23 Å². The molecule has 23 heteroatoms. The van der Waals surface area contributed by atoms with E-state index < -0.39 is 73.9 Å². The second kappa shape index (κ2) is 11.1. The van der Waals surface area contributed by atoms with E-state index in [1.54, 1.807) is 0 Å². The number of anilines is 1. The summed E-state index contributed by atoms with van der Waals surface area (Å²) in [6.07, 6.45) is -5.53. The van der Waals surface area contributed by atoms with Gasteiger partial charge in [0.25, 0.3) is 0 Å². The number of hydrogen-bond acceptors (Lipinski definition) is 16. The first-order chi connectivity index (χ1) is 16.6. The van der Waals surface area contributed by atoms with Gasteiger partial charge in [-0.15, -0.1) is 0 Å². The Morgan fingerprint density at radius 3 is 2.42 bits per heavy atom. The van der Waals surface area contributed by atoms with Crippen LogP contribution >= 0.6 is 23.5 Å². The van der Waals surface area contributed by atoms with Crippen molar-refractivity contribution in [3.63, 3.8) is 0 Å². The first kappa shape index (κ1) is 29.1. The highest BCUT2D eigenvalue weighted by atomic mass is 31.3. The van der Waals surface area contributed by atoms with Crippen molar-refractivity contribution < 1.29 is 71.2 Å². The molecule has 9 N–H and O–H groups in total. The van der Waals surface area contributed by atoms with Crippen LogP contribution < -0.4 is 5.73 Å². The lowest BCUT2D eigenvalue weighted by molar-refractivity contribution is -0.0525. The Hall–Kier alpha value is -1.44. The number of phosphoric acid groups is 3. The molecule has 0 amide bonds. The number of phosphoric ester groups is 1. The fourth-order valence-electron chi connectivity index (χ4n) is 2.91. The van der Waals surface area contributed by atoms with E-state index in [0.29, 0.717) is 0 Å². The molecule has 1 aliphatic heterocycles. The minimum Gasteiger partial charge on any atom is -0.394 e. The third kappa shape index (κ3) is 7.11. The first-order valence-electron chi connectivity index (χ1n) is 9.58. The van der Waals surface area contributed by atoms with Gasteiger partial charge in [-0.3, -0.25) is 13.6 Å². The van der Waals surface area contributed by atoms with Crippen LogP contribution in [-0.2, 0) is 36.1 Å². The van der Waals surface area contributed by atoms with Crippen LogP contribution in [0.2, 0.25) is 0 Å². The summed E-state index contributed by atoms with van der Waals surface area (Å²) in [5, 5.41) is 39.1. The molecule has 0 radical (unpaired) electrons. The SMILES string of the molecule is Nc1ncnc2c1ncn2[C@@H]1O[C@H](COP(=O)(OCC(O)CO)OP(=O)(O)OP(=O)(O)O)[C@@H](O)[C@H]1O.